The third-order valence-electron chi connectivity index (χ3n) is 2.15. The summed E-state index contributed by atoms with van der Waals surface area (Å²) < 4.78 is 31.2. The molecular formula is C13H15NO3S. The number of rotatable bonds is 1. The molecule has 0 fully saturated rings. The van der Waals surface area contributed by atoms with Crippen molar-refractivity contribution < 1.29 is 18.7 Å². The van der Waals surface area contributed by atoms with Crippen molar-refractivity contribution in [3.05, 3.63) is 60.2 Å². The molecule has 0 spiro atoms. The molecular weight excluding hydrogens is 250 g/mol. The van der Waals surface area contributed by atoms with Crippen LogP contribution in [0, 0.1) is 6.92 Å². The summed E-state index contributed by atoms with van der Waals surface area (Å²) in [4.78, 5) is -0.178. The summed E-state index contributed by atoms with van der Waals surface area (Å²) in [6.07, 6.45) is 0. The average Bonchev–Trinajstić information content (AvgIpc) is 2.30. The minimum Gasteiger partial charge on any atom is -0.744 e. The van der Waals surface area contributed by atoms with Crippen molar-refractivity contribution in [2.24, 2.45) is 0 Å². The lowest BCUT2D eigenvalue weighted by Gasteiger charge is -2.05. The maximum atomic E-state index is 10.4. The summed E-state index contributed by atoms with van der Waals surface area (Å²) in [5, 5.41) is 0. The first-order valence-corrected chi connectivity index (χ1v) is 6.70. The molecule has 2 aromatic rings. The van der Waals surface area contributed by atoms with Crippen LogP contribution >= 0.6 is 0 Å². The Hall–Kier alpha value is -1.69. The molecule has 5 heteroatoms. The fourth-order valence-corrected chi connectivity index (χ4v) is 1.65. The maximum Gasteiger partial charge on any atom is 0.127 e. The van der Waals surface area contributed by atoms with E-state index >= 15 is 0 Å². The molecule has 0 saturated heterocycles. The molecule has 3 N–H and O–H groups in total. The van der Waals surface area contributed by atoms with Gasteiger partial charge < -0.3 is 10.3 Å². The first-order chi connectivity index (χ1) is 8.39. The molecule has 0 aliphatic carbocycles. The largest absolute Gasteiger partial charge is 0.744 e. The fourth-order valence-electron chi connectivity index (χ4n) is 1.18. The van der Waals surface area contributed by atoms with Gasteiger partial charge in [-0.25, -0.2) is 8.42 Å². The molecule has 0 aromatic heterocycles. The van der Waals surface area contributed by atoms with Crippen molar-refractivity contribution in [3.8, 4) is 0 Å². The van der Waals surface area contributed by atoms with E-state index in [-0.39, 0.29) is 4.90 Å². The number of hydrogen-bond donors (Lipinski definition) is 1. The third kappa shape index (κ3) is 5.09. The van der Waals surface area contributed by atoms with Gasteiger partial charge in [0.2, 0.25) is 0 Å². The normalized spacial score (nSPS) is 10.4. The Labute approximate surface area is 107 Å². The predicted molar refractivity (Wildman–Crippen MR) is 68.1 cm³/mol. The zero-order valence-corrected chi connectivity index (χ0v) is 10.9. The Morgan fingerprint density at radius 3 is 1.78 bits per heavy atom. The van der Waals surface area contributed by atoms with Gasteiger partial charge in [-0.1, -0.05) is 35.9 Å². The van der Waals surface area contributed by atoms with E-state index in [4.69, 9.17) is 0 Å². The van der Waals surface area contributed by atoms with E-state index in [0.717, 1.165) is 11.3 Å². The van der Waals surface area contributed by atoms with Gasteiger partial charge in [-0.2, -0.15) is 0 Å². The third-order valence-corrected chi connectivity index (χ3v) is 3.00. The number of quaternary nitrogens is 1. The van der Waals surface area contributed by atoms with Crippen molar-refractivity contribution >= 4 is 15.8 Å². The van der Waals surface area contributed by atoms with Gasteiger partial charge in [0.25, 0.3) is 0 Å². The Balaban J connectivity index is 0.000000199. The van der Waals surface area contributed by atoms with Crippen LogP contribution in [0.5, 0.6) is 0 Å². The van der Waals surface area contributed by atoms with E-state index in [2.05, 4.69) is 5.73 Å². The van der Waals surface area contributed by atoms with Crippen LogP contribution in [0.25, 0.3) is 0 Å². The Kier molecular flexibility index (Phi) is 5.03. The topological polar surface area (TPSA) is 84.8 Å². The first kappa shape index (κ1) is 14.4. The fraction of sp³-hybridized carbons (Fsp3) is 0.0769. The highest BCUT2D eigenvalue weighted by Gasteiger charge is 1.97. The molecule has 0 heterocycles. The maximum absolute atomic E-state index is 10.4. The molecule has 0 unspecified atom stereocenters. The summed E-state index contributed by atoms with van der Waals surface area (Å²) in [5.41, 5.74) is 5.72. The van der Waals surface area contributed by atoms with Crippen LogP contribution in [-0.2, 0) is 10.1 Å². The van der Waals surface area contributed by atoms with Crippen LogP contribution in [0.4, 0.5) is 5.69 Å². The zero-order chi connectivity index (χ0) is 13.6. The molecule has 0 atom stereocenters. The summed E-state index contributed by atoms with van der Waals surface area (Å²) >= 11 is 0. The molecule has 0 radical (unpaired) electrons. The van der Waals surface area contributed by atoms with Crippen LogP contribution in [0.2, 0.25) is 0 Å². The molecule has 4 nitrogen and oxygen atoms in total. The molecule has 0 amide bonds. The van der Waals surface area contributed by atoms with Crippen LogP contribution in [0.1, 0.15) is 5.56 Å². The molecule has 0 bridgehead atoms. The standard InChI is InChI=1S/C7H8O3S.C6H7N/c1-6-2-4-7(5-3-6)11(8,9)10;7-6-4-2-1-3-5-6/h2-5H,1H3,(H,8,9,10);1-5H,7H2. The van der Waals surface area contributed by atoms with Gasteiger partial charge >= 0.3 is 0 Å². The molecule has 18 heavy (non-hydrogen) atoms. The van der Waals surface area contributed by atoms with Crippen molar-refractivity contribution in [2.75, 3.05) is 0 Å². The predicted octanol–water partition coefficient (Wildman–Crippen LogP) is 1.46. The van der Waals surface area contributed by atoms with E-state index in [1.165, 1.54) is 12.1 Å². The minimum absolute atomic E-state index is 0.178. The summed E-state index contributed by atoms with van der Waals surface area (Å²) in [6, 6.07) is 15.7. The average molecular weight is 265 g/mol. The van der Waals surface area contributed by atoms with Crippen molar-refractivity contribution in [2.45, 2.75) is 11.8 Å². The number of aryl methyl sites for hydroxylation is 1. The SMILES string of the molecule is Cc1ccc(S(=O)(=O)[O-])cc1.[NH3+]c1ccccc1. The smallest absolute Gasteiger partial charge is 0.127 e. The van der Waals surface area contributed by atoms with Crippen molar-refractivity contribution in [1.29, 1.82) is 0 Å². The number of benzene rings is 2. The first-order valence-electron chi connectivity index (χ1n) is 5.29. The van der Waals surface area contributed by atoms with Crippen LogP contribution in [-0.4, -0.2) is 13.0 Å². The lowest BCUT2D eigenvalue weighted by Crippen LogP contribution is -2.39. The van der Waals surface area contributed by atoms with E-state index in [0.29, 0.717) is 0 Å². The van der Waals surface area contributed by atoms with E-state index < -0.39 is 10.1 Å². The molecule has 0 aliphatic rings. The Morgan fingerprint density at radius 1 is 0.944 bits per heavy atom. The minimum atomic E-state index is -4.27. The highest BCUT2D eigenvalue weighted by atomic mass is 32.2. The van der Waals surface area contributed by atoms with Gasteiger partial charge in [0.05, 0.1) is 4.90 Å². The van der Waals surface area contributed by atoms with Gasteiger partial charge in [0, 0.05) is 0 Å². The highest BCUT2D eigenvalue weighted by Crippen LogP contribution is 2.08. The quantitative estimate of drug-likeness (QED) is 0.792. The zero-order valence-electron chi connectivity index (χ0n) is 10.0. The molecule has 96 valence electrons. The Morgan fingerprint density at radius 2 is 1.44 bits per heavy atom. The van der Waals surface area contributed by atoms with Crippen LogP contribution < -0.4 is 5.73 Å². The van der Waals surface area contributed by atoms with E-state index in [1.54, 1.807) is 12.1 Å². The van der Waals surface area contributed by atoms with E-state index in [1.807, 2.05) is 37.3 Å². The second kappa shape index (κ2) is 6.30. The van der Waals surface area contributed by atoms with Crippen molar-refractivity contribution in [1.82, 2.24) is 0 Å². The summed E-state index contributed by atoms with van der Waals surface area (Å²) in [5.74, 6) is 0. The van der Waals surface area contributed by atoms with Crippen LogP contribution in [0.3, 0.4) is 0 Å². The summed E-state index contributed by atoms with van der Waals surface area (Å²) in [7, 11) is -4.27. The number of hydrogen-bond acceptors (Lipinski definition) is 3. The van der Waals surface area contributed by atoms with E-state index in [9.17, 15) is 13.0 Å². The summed E-state index contributed by atoms with van der Waals surface area (Å²) in [6.45, 7) is 1.82. The van der Waals surface area contributed by atoms with Gasteiger partial charge in [-0.05, 0) is 31.2 Å². The molecule has 0 saturated carbocycles. The van der Waals surface area contributed by atoms with Crippen molar-refractivity contribution in [3.63, 3.8) is 0 Å². The second-order valence-corrected chi connectivity index (χ2v) is 5.13. The lowest BCUT2D eigenvalue weighted by molar-refractivity contribution is -0.254. The van der Waals surface area contributed by atoms with Gasteiger partial charge in [0.1, 0.15) is 15.8 Å². The Bertz CT molecular complexity index is 577. The van der Waals surface area contributed by atoms with Gasteiger partial charge in [-0.3, -0.25) is 0 Å². The second-order valence-electron chi connectivity index (χ2n) is 3.75. The molecule has 0 aliphatic heterocycles. The molecule has 2 aromatic carbocycles. The lowest BCUT2D eigenvalue weighted by atomic mass is 10.2. The van der Waals surface area contributed by atoms with Gasteiger partial charge in [-0.15, -0.1) is 0 Å². The van der Waals surface area contributed by atoms with Gasteiger partial charge in [0.15, 0.2) is 0 Å². The molecule has 2 rings (SSSR count). The van der Waals surface area contributed by atoms with Crippen LogP contribution in [0.15, 0.2) is 59.5 Å². The monoisotopic (exact) mass is 265 g/mol. The highest BCUT2D eigenvalue weighted by molar-refractivity contribution is 7.85.